The van der Waals surface area contributed by atoms with Crippen LogP contribution in [-0.2, 0) is 13.1 Å². The van der Waals surface area contributed by atoms with Crippen LogP contribution in [0.5, 0.6) is 0 Å². The van der Waals surface area contributed by atoms with Gasteiger partial charge in [0.2, 0.25) is 5.82 Å². The van der Waals surface area contributed by atoms with E-state index in [9.17, 15) is 4.79 Å². The van der Waals surface area contributed by atoms with Crippen molar-refractivity contribution in [3.05, 3.63) is 53.0 Å². The lowest BCUT2D eigenvalue weighted by Gasteiger charge is -2.20. The number of nitrogens with one attached hydrogen (secondary N) is 2. The monoisotopic (exact) mass is 380 g/mol. The first-order chi connectivity index (χ1) is 13.2. The van der Waals surface area contributed by atoms with Gasteiger partial charge < -0.3 is 15.5 Å². The maximum Gasteiger partial charge on any atom is 0.251 e. The van der Waals surface area contributed by atoms with Crippen molar-refractivity contribution in [1.29, 1.82) is 5.26 Å². The van der Waals surface area contributed by atoms with Gasteiger partial charge in [0.15, 0.2) is 0 Å². The zero-order valence-electron chi connectivity index (χ0n) is 17.2. The SMILES string of the molecule is CN(C)Cc1ccc(C(=O)NCc2cnc(C#N)nc2NCC(C)(C)C)cc1. The highest BCUT2D eigenvalue weighted by Crippen LogP contribution is 2.17. The van der Waals surface area contributed by atoms with Crippen LogP contribution in [0.4, 0.5) is 5.82 Å². The lowest BCUT2D eigenvalue weighted by Crippen LogP contribution is -2.25. The molecule has 0 saturated heterocycles. The fourth-order valence-electron chi connectivity index (χ4n) is 2.50. The van der Waals surface area contributed by atoms with E-state index in [1.165, 1.54) is 0 Å². The molecule has 0 saturated carbocycles. The second kappa shape index (κ2) is 9.29. The van der Waals surface area contributed by atoms with Crippen LogP contribution in [0.15, 0.2) is 30.5 Å². The minimum atomic E-state index is -0.164. The van der Waals surface area contributed by atoms with Crippen molar-refractivity contribution in [1.82, 2.24) is 20.2 Å². The van der Waals surface area contributed by atoms with Gasteiger partial charge in [0.05, 0.1) is 0 Å². The van der Waals surface area contributed by atoms with Crippen LogP contribution in [0.25, 0.3) is 0 Å². The molecular weight excluding hydrogens is 352 g/mol. The Balaban J connectivity index is 2.06. The zero-order valence-corrected chi connectivity index (χ0v) is 17.2. The Morgan fingerprint density at radius 1 is 1.21 bits per heavy atom. The summed E-state index contributed by atoms with van der Waals surface area (Å²) in [5, 5.41) is 15.2. The number of anilines is 1. The molecule has 0 unspecified atom stereocenters. The summed E-state index contributed by atoms with van der Waals surface area (Å²) in [5.41, 5.74) is 2.53. The van der Waals surface area contributed by atoms with Gasteiger partial charge >= 0.3 is 0 Å². The quantitative estimate of drug-likeness (QED) is 0.767. The predicted molar refractivity (Wildman–Crippen MR) is 110 cm³/mol. The van der Waals surface area contributed by atoms with Gasteiger partial charge in [-0.25, -0.2) is 9.97 Å². The first kappa shape index (κ1) is 21.3. The van der Waals surface area contributed by atoms with Crippen LogP contribution in [0.2, 0.25) is 0 Å². The molecule has 148 valence electrons. The van der Waals surface area contributed by atoms with E-state index < -0.39 is 0 Å². The summed E-state index contributed by atoms with van der Waals surface area (Å²) in [6, 6.07) is 9.50. The maximum atomic E-state index is 12.5. The predicted octanol–water partition coefficient (Wildman–Crippen LogP) is 2.80. The standard InChI is InChI=1S/C21H28N6O/c1-21(2,3)14-25-19-17(11-23-18(10-22)26-19)12-24-20(28)16-8-6-15(7-9-16)13-27(4)5/h6-9,11H,12-14H2,1-5H3,(H,24,28)(H,23,25,26). The van der Waals surface area contributed by atoms with E-state index in [4.69, 9.17) is 5.26 Å². The van der Waals surface area contributed by atoms with Gasteiger partial charge in [0, 0.05) is 37.0 Å². The normalized spacial score (nSPS) is 11.2. The molecule has 7 heteroatoms. The first-order valence-corrected chi connectivity index (χ1v) is 9.20. The van der Waals surface area contributed by atoms with Crippen molar-refractivity contribution < 1.29 is 4.79 Å². The fraction of sp³-hybridized carbons (Fsp3) is 0.429. The van der Waals surface area contributed by atoms with E-state index in [0.29, 0.717) is 17.9 Å². The van der Waals surface area contributed by atoms with Gasteiger partial charge in [-0.1, -0.05) is 32.9 Å². The van der Waals surface area contributed by atoms with E-state index in [1.807, 2.05) is 44.4 Å². The maximum absolute atomic E-state index is 12.5. The van der Waals surface area contributed by atoms with Crippen molar-refractivity contribution in [3.63, 3.8) is 0 Å². The number of hydrogen-bond donors (Lipinski definition) is 2. The molecule has 1 heterocycles. The minimum absolute atomic E-state index is 0.0482. The molecular formula is C21H28N6O. The molecule has 2 N–H and O–H groups in total. The Labute approximate surface area is 166 Å². The third-order valence-electron chi connectivity index (χ3n) is 3.91. The summed E-state index contributed by atoms with van der Waals surface area (Å²) in [4.78, 5) is 22.8. The molecule has 28 heavy (non-hydrogen) atoms. The number of carbonyl (C=O) groups excluding carboxylic acids is 1. The summed E-state index contributed by atoms with van der Waals surface area (Å²) in [6.07, 6.45) is 1.58. The van der Waals surface area contributed by atoms with Crippen LogP contribution in [0.3, 0.4) is 0 Å². The van der Waals surface area contributed by atoms with Crippen molar-refractivity contribution >= 4 is 11.7 Å². The molecule has 1 aromatic carbocycles. The van der Waals surface area contributed by atoms with Crippen molar-refractivity contribution in [2.24, 2.45) is 5.41 Å². The lowest BCUT2D eigenvalue weighted by atomic mass is 9.97. The van der Waals surface area contributed by atoms with Crippen LogP contribution in [-0.4, -0.2) is 41.4 Å². The molecule has 0 bridgehead atoms. The molecule has 7 nitrogen and oxygen atoms in total. The molecule has 0 fully saturated rings. The lowest BCUT2D eigenvalue weighted by molar-refractivity contribution is 0.0951. The van der Waals surface area contributed by atoms with Gasteiger partial charge in [0.25, 0.3) is 5.91 Å². The van der Waals surface area contributed by atoms with Gasteiger partial charge in [-0.2, -0.15) is 5.26 Å². The number of hydrogen-bond acceptors (Lipinski definition) is 6. The van der Waals surface area contributed by atoms with Crippen molar-refractivity contribution in [2.45, 2.75) is 33.9 Å². The first-order valence-electron chi connectivity index (χ1n) is 9.20. The van der Waals surface area contributed by atoms with Gasteiger partial charge in [-0.05, 0) is 37.2 Å². The summed E-state index contributed by atoms with van der Waals surface area (Å²) >= 11 is 0. The molecule has 1 amide bonds. The third-order valence-corrected chi connectivity index (χ3v) is 3.91. The highest BCUT2D eigenvalue weighted by Gasteiger charge is 2.14. The Morgan fingerprint density at radius 2 is 1.89 bits per heavy atom. The number of aromatic nitrogens is 2. The smallest absolute Gasteiger partial charge is 0.251 e. The molecule has 0 aliphatic rings. The van der Waals surface area contributed by atoms with E-state index in [2.05, 4.69) is 46.3 Å². The third kappa shape index (κ3) is 6.63. The van der Waals surface area contributed by atoms with Gasteiger partial charge in [-0.15, -0.1) is 0 Å². The second-order valence-corrected chi connectivity index (χ2v) is 8.21. The zero-order chi connectivity index (χ0) is 20.7. The fourth-order valence-corrected chi connectivity index (χ4v) is 2.50. The molecule has 0 aliphatic carbocycles. The minimum Gasteiger partial charge on any atom is -0.369 e. The number of nitriles is 1. The van der Waals surface area contributed by atoms with Crippen LogP contribution >= 0.6 is 0 Å². The highest BCUT2D eigenvalue weighted by atomic mass is 16.1. The number of rotatable bonds is 7. The topological polar surface area (TPSA) is 93.9 Å². The molecule has 1 aromatic heterocycles. The summed E-state index contributed by atoms with van der Waals surface area (Å²) in [7, 11) is 4.01. The Kier molecular flexibility index (Phi) is 7.07. The van der Waals surface area contributed by atoms with Crippen molar-refractivity contribution in [2.75, 3.05) is 26.0 Å². The van der Waals surface area contributed by atoms with Crippen LogP contribution < -0.4 is 10.6 Å². The van der Waals surface area contributed by atoms with Gasteiger partial charge in [0.1, 0.15) is 11.9 Å². The van der Waals surface area contributed by atoms with Gasteiger partial charge in [-0.3, -0.25) is 4.79 Å². The second-order valence-electron chi connectivity index (χ2n) is 8.21. The molecule has 2 rings (SSSR count). The van der Waals surface area contributed by atoms with E-state index in [1.54, 1.807) is 6.20 Å². The average molecular weight is 380 g/mol. The summed E-state index contributed by atoms with van der Waals surface area (Å²) in [6.45, 7) is 8.10. The van der Waals surface area contributed by atoms with Crippen molar-refractivity contribution in [3.8, 4) is 6.07 Å². The Bertz CT molecular complexity index is 847. The largest absolute Gasteiger partial charge is 0.369 e. The number of nitrogens with zero attached hydrogens (tertiary/aromatic N) is 4. The van der Waals surface area contributed by atoms with E-state index in [-0.39, 0.29) is 23.7 Å². The van der Waals surface area contributed by atoms with E-state index >= 15 is 0 Å². The molecule has 0 radical (unpaired) electrons. The number of carbonyl (C=O) groups is 1. The molecule has 0 aliphatic heterocycles. The summed E-state index contributed by atoms with van der Waals surface area (Å²) < 4.78 is 0. The Morgan fingerprint density at radius 3 is 2.46 bits per heavy atom. The summed E-state index contributed by atoms with van der Waals surface area (Å²) in [5.74, 6) is 0.508. The average Bonchev–Trinajstić information content (AvgIpc) is 2.64. The molecule has 0 atom stereocenters. The highest BCUT2D eigenvalue weighted by molar-refractivity contribution is 5.94. The number of amides is 1. The van der Waals surface area contributed by atoms with Crippen LogP contribution in [0.1, 0.15) is 48.1 Å². The molecule has 0 spiro atoms. The Hall–Kier alpha value is -2.98. The number of benzene rings is 1. The van der Waals surface area contributed by atoms with Crippen LogP contribution in [0, 0.1) is 16.7 Å². The molecule has 2 aromatic rings. The van der Waals surface area contributed by atoms with E-state index in [0.717, 1.165) is 17.7 Å².